The number of nitrogens with zero attached hydrogens (tertiary/aromatic N) is 3. The fraction of sp³-hybridized carbons (Fsp3) is 0.579. The molecule has 2 unspecified atom stereocenters. The molecule has 1 N–H and O–H groups in total. The Balaban J connectivity index is 1.37. The number of allylic oxidation sites excluding steroid dienone is 2. The van der Waals surface area contributed by atoms with Crippen molar-refractivity contribution in [3.05, 3.63) is 29.0 Å². The van der Waals surface area contributed by atoms with Crippen molar-refractivity contribution >= 4 is 16.6 Å². The summed E-state index contributed by atoms with van der Waals surface area (Å²) in [6.45, 7) is 1.30. The summed E-state index contributed by atoms with van der Waals surface area (Å²) >= 11 is 0. The number of rotatable bonds is 2. The second-order valence-corrected chi connectivity index (χ2v) is 8.75. The average molecular weight is 387 g/mol. The molecular formula is C19H23N4O3S-. The molecule has 0 saturated heterocycles. The van der Waals surface area contributed by atoms with E-state index in [1.54, 1.807) is 4.68 Å². The Kier molecular flexibility index (Phi) is 4.30. The second-order valence-electron chi connectivity index (χ2n) is 7.63. The van der Waals surface area contributed by atoms with Crippen LogP contribution in [0.4, 0.5) is 4.79 Å². The number of ether oxygens (including phenoxy) is 1. The van der Waals surface area contributed by atoms with Gasteiger partial charge in [-0.15, -0.1) is 10.6 Å². The maximum atomic E-state index is 12.6. The van der Waals surface area contributed by atoms with Crippen LogP contribution in [0.5, 0.6) is 5.88 Å². The molecule has 4 aliphatic rings. The first-order valence-electron chi connectivity index (χ1n) is 9.76. The topological polar surface area (TPSA) is 85.6 Å². The number of carbonyl (C=O) groups excluding carboxylic acids is 1. The summed E-state index contributed by atoms with van der Waals surface area (Å²) in [4.78, 5) is 13.0. The van der Waals surface area contributed by atoms with Crippen LogP contribution in [0.2, 0.25) is 0 Å². The van der Waals surface area contributed by atoms with Gasteiger partial charge >= 0.3 is 6.03 Å². The minimum absolute atomic E-state index is 0.00979. The lowest BCUT2D eigenvalue weighted by molar-refractivity contribution is 0.225. The predicted molar refractivity (Wildman–Crippen MR) is 99.7 cm³/mol. The van der Waals surface area contributed by atoms with Crippen molar-refractivity contribution in [1.29, 1.82) is 0 Å². The number of aromatic nitrogens is 2. The van der Waals surface area contributed by atoms with Crippen LogP contribution in [0.25, 0.3) is 0 Å². The van der Waals surface area contributed by atoms with Crippen LogP contribution in [0.3, 0.4) is 0 Å². The molecule has 7 nitrogen and oxygen atoms in total. The van der Waals surface area contributed by atoms with Gasteiger partial charge in [-0.3, -0.25) is 0 Å². The molecule has 144 valence electrons. The van der Waals surface area contributed by atoms with Gasteiger partial charge in [0.25, 0.3) is 0 Å². The third kappa shape index (κ3) is 2.99. The molecule has 1 fully saturated rings. The van der Waals surface area contributed by atoms with Gasteiger partial charge in [-0.25, -0.2) is 9.48 Å². The number of urea groups is 1. The molecule has 0 radical (unpaired) electrons. The number of amides is 2. The van der Waals surface area contributed by atoms with Crippen molar-refractivity contribution in [3.63, 3.8) is 0 Å². The Labute approximate surface area is 160 Å². The van der Waals surface area contributed by atoms with Crippen LogP contribution in [0.1, 0.15) is 44.9 Å². The molecule has 1 saturated carbocycles. The van der Waals surface area contributed by atoms with Gasteiger partial charge in [0.2, 0.25) is 0 Å². The highest BCUT2D eigenvalue weighted by atomic mass is 32.2. The molecule has 27 heavy (non-hydrogen) atoms. The lowest BCUT2D eigenvalue weighted by Crippen LogP contribution is -2.41. The standard InChI is InChI=1S/C19H23N4O3S/c24-19(22-27(25)16-11-20-23-8-3-9-26-18(16)23)21-17-14-6-1-4-12(14)10-13-5-2-7-15(13)17/h10-11,14,17H,1-9H2,(H,21,24)/q-1. The minimum Gasteiger partial charge on any atom is -0.479 e. The highest BCUT2D eigenvalue weighted by molar-refractivity contribution is 7.75. The van der Waals surface area contributed by atoms with E-state index in [-0.39, 0.29) is 6.04 Å². The Morgan fingerprint density at radius 2 is 2.22 bits per heavy atom. The van der Waals surface area contributed by atoms with Gasteiger partial charge in [-0.2, -0.15) is 5.10 Å². The molecule has 3 aliphatic carbocycles. The molecule has 1 aromatic heterocycles. The van der Waals surface area contributed by atoms with E-state index >= 15 is 0 Å². The zero-order valence-corrected chi connectivity index (χ0v) is 16.0. The van der Waals surface area contributed by atoms with E-state index in [0.717, 1.165) is 45.1 Å². The third-order valence-corrected chi connectivity index (χ3v) is 7.03. The number of carbonyl (C=O) groups is 1. The summed E-state index contributed by atoms with van der Waals surface area (Å²) in [5, 5.41) is 7.25. The summed E-state index contributed by atoms with van der Waals surface area (Å²) < 4.78 is 23.7. The minimum atomic E-state index is -1.81. The van der Waals surface area contributed by atoms with Crippen molar-refractivity contribution in [2.24, 2.45) is 10.3 Å². The Hall–Kier alpha value is -2.09. The van der Waals surface area contributed by atoms with Gasteiger partial charge in [0, 0.05) is 25.1 Å². The van der Waals surface area contributed by atoms with E-state index < -0.39 is 16.6 Å². The number of hydrogen-bond donors (Lipinski definition) is 1. The number of fused-ring (bicyclic) bond motifs is 2. The van der Waals surface area contributed by atoms with E-state index in [2.05, 4.69) is 20.9 Å². The van der Waals surface area contributed by atoms with E-state index in [9.17, 15) is 9.00 Å². The van der Waals surface area contributed by atoms with Gasteiger partial charge in [-0.1, -0.05) is 11.6 Å². The van der Waals surface area contributed by atoms with Crippen LogP contribution in [-0.2, 0) is 21.3 Å². The van der Waals surface area contributed by atoms with Gasteiger partial charge in [0.05, 0.1) is 12.6 Å². The number of nitrogens with one attached hydrogen (secondary N) is 1. The highest BCUT2D eigenvalue weighted by Crippen LogP contribution is 2.45. The summed E-state index contributed by atoms with van der Waals surface area (Å²) in [6, 6.07) is -0.503. The van der Waals surface area contributed by atoms with Crippen LogP contribution in [0.15, 0.2) is 38.3 Å². The fourth-order valence-electron chi connectivity index (χ4n) is 4.87. The zero-order valence-electron chi connectivity index (χ0n) is 15.1. The van der Waals surface area contributed by atoms with Gasteiger partial charge < -0.3 is 18.6 Å². The monoisotopic (exact) mass is 387 g/mol. The lowest BCUT2D eigenvalue weighted by Gasteiger charge is -2.31. The van der Waals surface area contributed by atoms with Crippen LogP contribution in [0, 0.1) is 5.92 Å². The van der Waals surface area contributed by atoms with Crippen molar-refractivity contribution in [3.8, 4) is 5.88 Å². The zero-order chi connectivity index (χ0) is 18.4. The van der Waals surface area contributed by atoms with E-state index in [1.807, 2.05) is 0 Å². The smallest absolute Gasteiger partial charge is 0.318 e. The first kappa shape index (κ1) is 17.0. The molecule has 0 bridgehead atoms. The van der Waals surface area contributed by atoms with Crippen LogP contribution >= 0.6 is 0 Å². The summed E-state index contributed by atoms with van der Waals surface area (Å²) in [7, 11) is -1.81. The normalized spacial score (nSPS) is 27.5. The van der Waals surface area contributed by atoms with Crippen LogP contribution < -0.4 is 10.1 Å². The summed E-state index contributed by atoms with van der Waals surface area (Å²) in [5.74, 6) is 0.845. The van der Waals surface area contributed by atoms with E-state index in [1.165, 1.54) is 29.3 Å². The molecule has 2 heterocycles. The molecule has 2 atom stereocenters. The maximum absolute atomic E-state index is 12.6. The van der Waals surface area contributed by atoms with E-state index in [0.29, 0.717) is 23.3 Å². The molecule has 1 aromatic rings. The molecular weight excluding hydrogens is 364 g/mol. The molecule has 1 aliphatic heterocycles. The second kappa shape index (κ2) is 6.82. The molecule has 5 rings (SSSR count). The van der Waals surface area contributed by atoms with Gasteiger partial charge in [0.1, 0.15) is 0 Å². The summed E-state index contributed by atoms with van der Waals surface area (Å²) in [6.07, 6.45) is 11.4. The quantitative estimate of drug-likeness (QED) is 0.788. The summed E-state index contributed by atoms with van der Waals surface area (Å²) in [5.41, 5.74) is 4.21. The SMILES string of the molecule is O=C(N=[S-](=O)c1cnn2c1OCCC2)NC1C2=C(C=C3CCCC31)CCC2. The number of hydrogen-bond acceptors (Lipinski definition) is 5. The molecule has 8 heteroatoms. The van der Waals surface area contributed by atoms with Crippen LogP contribution in [-0.4, -0.2) is 28.5 Å². The molecule has 0 spiro atoms. The maximum Gasteiger partial charge on any atom is 0.318 e. The first-order valence-corrected chi connectivity index (χ1v) is 10.9. The van der Waals surface area contributed by atoms with Crippen molar-refractivity contribution in [1.82, 2.24) is 15.1 Å². The molecule has 2 amide bonds. The Morgan fingerprint density at radius 3 is 3.15 bits per heavy atom. The lowest BCUT2D eigenvalue weighted by atomic mass is 9.82. The number of aryl methyl sites for hydroxylation is 1. The first-order chi connectivity index (χ1) is 13.2. The predicted octanol–water partition coefficient (Wildman–Crippen LogP) is 3.47. The Bertz CT molecular complexity index is 939. The van der Waals surface area contributed by atoms with Crippen molar-refractivity contribution < 1.29 is 13.7 Å². The van der Waals surface area contributed by atoms with E-state index in [4.69, 9.17) is 4.74 Å². The van der Waals surface area contributed by atoms with Crippen molar-refractivity contribution in [2.75, 3.05) is 6.61 Å². The van der Waals surface area contributed by atoms with Crippen molar-refractivity contribution in [2.45, 2.75) is 62.4 Å². The average Bonchev–Trinajstić information content (AvgIpc) is 3.40. The third-order valence-electron chi connectivity index (χ3n) is 6.04. The molecule has 0 aromatic carbocycles. The van der Waals surface area contributed by atoms with Gasteiger partial charge in [-0.05, 0) is 54.6 Å². The fourth-order valence-corrected chi connectivity index (χ4v) is 5.62. The Morgan fingerprint density at radius 1 is 1.30 bits per heavy atom. The largest absolute Gasteiger partial charge is 0.479 e. The van der Waals surface area contributed by atoms with Gasteiger partial charge in [0.15, 0.2) is 5.88 Å². The highest BCUT2D eigenvalue weighted by Gasteiger charge is 2.37.